The number of carbonyl (C=O) groups excluding carboxylic acids is 1. The lowest BCUT2D eigenvalue weighted by atomic mass is 9.97. The summed E-state index contributed by atoms with van der Waals surface area (Å²) in [7, 11) is 1.28. The van der Waals surface area contributed by atoms with Crippen molar-refractivity contribution in [2.45, 2.75) is 31.8 Å². The molecular formula is C23H23NO6. The first-order valence-electron chi connectivity index (χ1n) is 9.80. The quantitative estimate of drug-likeness (QED) is 0.625. The van der Waals surface area contributed by atoms with Gasteiger partial charge in [-0.05, 0) is 29.7 Å². The Balaban J connectivity index is 1.63. The largest absolute Gasteiger partial charge is 0.502 e. The summed E-state index contributed by atoms with van der Waals surface area (Å²) in [4.78, 5) is 26.6. The summed E-state index contributed by atoms with van der Waals surface area (Å²) in [5.41, 5.74) is 2.03. The van der Waals surface area contributed by atoms with Crippen molar-refractivity contribution < 1.29 is 23.5 Å². The molecule has 0 bridgehead atoms. The highest BCUT2D eigenvalue weighted by molar-refractivity contribution is 5.71. The predicted octanol–water partition coefficient (Wildman–Crippen LogP) is 3.19. The molecule has 1 atom stereocenters. The lowest BCUT2D eigenvalue weighted by molar-refractivity contribution is -0.141. The second kappa shape index (κ2) is 8.59. The fraction of sp³-hybridized carbons (Fsp3) is 0.304. The maximum Gasteiger partial charge on any atom is 0.306 e. The van der Waals surface area contributed by atoms with Crippen LogP contribution < -0.4 is 5.43 Å². The lowest BCUT2D eigenvalue weighted by Crippen LogP contribution is -2.30. The summed E-state index contributed by atoms with van der Waals surface area (Å²) in [6.45, 7) is 2.00. The van der Waals surface area contributed by atoms with Crippen LogP contribution in [0.25, 0.3) is 0 Å². The van der Waals surface area contributed by atoms with E-state index in [1.807, 2.05) is 12.1 Å². The number of benzene rings is 1. The second-order valence-electron chi connectivity index (χ2n) is 7.37. The fourth-order valence-electron chi connectivity index (χ4n) is 3.84. The molecule has 1 aliphatic rings. The zero-order valence-electron chi connectivity index (χ0n) is 16.7. The minimum atomic E-state index is -0.762. The van der Waals surface area contributed by atoms with E-state index >= 15 is 0 Å². The zero-order chi connectivity index (χ0) is 21.1. The summed E-state index contributed by atoms with van der Waals surface area (Å²) >= 11 is 0. The van der Waals surface area contributed by atoms with Crippen LogP contribution in [0.3, 0.4) is 0 Å². The molecule has 3 aromatic rings. The van der Waals surface area contributed by atoms with Crippen LogP contribution in [-0.4, -0.2) is 29.6 Å². The van der Waals surface area contributed by atoms with Crippen molar-refractivity contribution in [2.75, 3.05) is 13.7 Å². The third-order valence-electron chi connectivity index (χ3n) is 5.39. The van der Waals surface area contributed by atoms with Gasteiger partial charge in [0.1, 0.15) is 11.5 Å². The first kappa shape index (κ1) is 20.0. The Labute approximate surface area is 173 Å². The minimum absolute atomic E-state index is 0.00950. The average Bonchev–Trinajstić information content (AvgIpc) is 3.29. The molecular weight excluding hydrogens is 386 g/mol. The molecule has 3 heterocycles. The van der Waals surface area contributed by atoms with Crippen LogP contribution in [0.5, 0.6) is 5.75 Å². The Bertz CT molecular complexity index is 1090. The number of carbonyl (C=O) groups is 1. The Morgan fingerprint density at radius 2 is 2.03 bits per heavy atom. The van der Waals surface area contributed by atoms with Crippen molar-refractivity contribution in [1.29, 1.82) is 0 Å². The van der Waals surface area contributed by atoms with Gasteiger partial charge in [-0.2, -0.15) is 0 Å². The first-order valence-corrected chi connectivity index (χ1v) is 9.80. The molecule has 0 fully saturated rings. The van der Waals surface area contributed by atoms with Crippen molar-refractivity contribution in [1.82, 2.24) is 4.90 Å². The Kier molecular flexibility index (Phi) is 5.72. The van der Waals surface area contributed by atoms with Gasteiger partial charge in [-0.25, -0.2) is 0 Å². The molecule has 7 nitrogen and oxygen atoms in total. The number of rotatable bonds is 6. The average molecular weight is 409 g/mol. The standard InChI is InChI=1S/C23H23NO6/c1-28-21(26)12-18(20-7-4-10-29-20)23-22(27)19(25)11-17(30-23)14-24-9-8-15-5-2-3-6-16(15)13-24/h2-7,10-11,18,27H,8-9,12-14H2,1H3. The molecule has 156 valence electrons. The van der Waals surface area contributed by atoms with Gasteiger partial charge in [-0.3, -0.25) is 14.5 Å². The number of hydrogen-bond acceptors (Lipinski definition) is 7. The molecule has 0 spiro atoms. The molecule has 1 N–H and O–H groups in total. The van der Waals surface area contributed by atoms with E-state index in [4.69, 9.17) is 13.6 Å². The third-order valence-corrected chi connectivity index (χ3v) is 5.39. The van der Waals surface area contributed by atoms with Gasteiger partial charge in [0.2, 0.25) is 11.2 Å². The number of fused-ring (bicyclic) bond motifs is 1. The molecule has 0 amide bonds. The van der Waals surface area contributed by atoms with Crippen LogP contribution in [0.4, 0.5) is 0 Å². The third kappa shape index (κ3) is 4.16. The van der Waals surface area contributed by atoms with Gasteiger partial charge >= 0.3 is 5.97 Å². The molecule has 4 rings (SSSR count). The molecule has 1 aliphatic heterocycles. The van der Waals surface area contributed by atoms with Gasteiger partial charge in [0, 0.05) is 19.2 Å². The molecule has 0 radical (unpaired) electrons. The Hall–Kier alpha value is -3.32. The van der Waals surface area contributed by atoms with Crippen molar-refractivity contribution >= 4 is 5.97 Å². The number of nitrogens with zero attached hydrogens (tertiary/aromatic N) is 1. The number of esters is 1. The summed E-state index contributed by atoms with van der Waals surface area (Å²) in [6.07, 6.45) is 2.26. The molecule has 30 heavy (non-hydrogen) atoms. The van der Waals surface area contributed by atoms with Gasteiger partial charge in [0.05, 0.1) is 32.3 Å². The van der Waals surface area contributed by atoms with Crippen molar-refractivity contribution in [3.63, 3.8) is 0 Å². The van der Waals surface area contributed by atoms with E-state index in [1.54, 1.807) is 12.1 Å². The maximum absolute atomic E-state index is 12.5. The first-order chi connectivity index (χ1) is 14.5. The van der Waals surface area contributed by atoms with Crippen LogP contribution in [0, 0.1) is 0 Å². The van der Waals surface area contributed by atoms with Crippen molar-refractivity contribution in [2.24, 2.45) is 0 Å². The van der Waals surface area contributed by atoms with E-state index in [0.29, 0.717) is 18.1 Å². The van der Waals surface area contributed by atoms with E-state index in [0.717, 1.165) is 19.5 Å². The topological polar surface area (TPSA) is 93.1 Å². The highest BCUT2D eigenvalue weighted by Crippen LogP contribution is 2.34. The van der Waals surface area contributed by atoms with Crippen LogP contribution in [-0.2, 0) is 29.0 Å². The molecule has 1 unspecified atom stereocenters. The van der Waals surface area contributed by atoms with Crippen LogP contribution in [0.2, 0.25) is 0 Å². The molecule has 1 aromatic carbocycles. The molecule has 0 aliphatic carbocycles. The molecule has 0 saturated heterocycles. The fourth-order valence-corrected chi connectivity index (χ4v) is 3.84. The maximum atomic E-state index is 12.5. The molecule has 2 aromatic heterocycles. The summed E-state index contributed by atoms with van der Waals surface area (Å²) < 4.78 is 16.1. The minimum Gasteiger partial charge on any atom is -0.502 e. The summed E-state index contributed by atoms with van der Waals surface area (Å²) in [5, 5.41) is 10.4. The van der Waals surface area contributed by atoms with Gasteiger partial charge in [-0.1, -0.05) is 24.3 Å². The Morgan fingerprint density at radius 1 is 1.23 bits per heavy atom. The van der Waals surface area contributed by atoms with Crippen LogP contribution in [0.1, 0.15) is 40.7 Å². The monoisotopic (exact) mass is 409 g/mol. The van der Waals surface area contributed by atoms with Gasteiger partial charge < -0.3 is 18.7 Å². The van der Waals surface area contributed by atoms with Crippen molar-refractivity contribution in [3.8, 4) is 5.75 Å². The second-order valence-corrected chi connectivity index (χ2v) is 7.37. The van der Waals surface area contributed by atoms with E-state index in [9.17, 15) is 14.7 Å². The van der Waals surface area contributed by atoms with Crippen LogP contribution in [0.15, 0.2) is 62.4 Å². The number of aromatic hydroxyl groups is 1. The number of furan rings is 1. The highest BCUT2D eigenvalue weighted by atomic mass is 16.5. The molecule has 7 heteroatoms. The summed E-state index contributed by atoms with van der Waals surface area (Å²) in [6, 6.07) is 12.9. The van der Waals surface area contributed by atoms with E-state index in [-0.39, 0.29) is 12.2 Å². The number of hydrogen-bond donors (Lipinski definition) is 1. The number of methoxy groups -OCH3 is 1. The van der Waals surface area contributed by atoms with E-state index < -0.39 is 23.1 Å². The van der Waals surface area contributed by atoms with Crippen LogP contribution >= 0.6 is 0 Å². The smallest absolute Gasteiger partial charge is 0.306 e. The van der Waals surface area contributed by atoms with Gasteiger partial charge in [-0.15, -0.1) is 0 Å². The van der Waals surface area contributed by atoms with E-state index in [2.05, 4.69) is 17.0 Å². The Morgan fingerprint density at radius 3 is 2.77 bits per heavy atom. The van der Waals surface area contributed by atoms with E-state index in [1.165, 1.54) is 30.6 Å². The van der Waals surface area contributed by atoms with Gasteiger partial charge in [0.15, 0.2) is 5.76 Å². The SMILES string of the molecule is COC(=O)CC(c1ccco1)c1oc(CN2CCc3ccccc3C2)cc(=O)c1O. The lowest BCUT2D eigenvalue weighted by Gasteiger charge is -2.28. The summed E-state index contributed by atoms with van der Waals surface area (Å²) in [5.74, 6) is -0.946. The van der Waals surface area contributed by atoms with Gasteiger partial charge in [0.25, 0.3) is 0 Å². The molecule has 0 saturated carbocycles. The predicted molar refractivity (Wildman–Crippen MR) is 108 cm³/mol. The van der Waals surface area contributed by atoms with Crippen molar-refractivity contribution in [3.05, 3.63) is 87.4 Å². The highest BCUT2D eigenvalue weighted by Gasteiger charge is 2.29. The number of ether oxygens (including phenoxy) is 1. The normalized spacial score (nSPS) is 14.8. The zero-order valence-corrected chi connectivity index (χ0v) is 16.7.